The second-order valence-electron chi connectivity index (χ2n) is 5.06. The maximum atomic E-state index is 11.6. The average molecular weight is 294 g/mol. The Morgan fingerprint density at radius 3 is 2.43 bits per heavy atom. The lowest BCUT2D eigenvalue weighted by Gasteiger charge is -2.09. The smallest absolute Gasteiger partial charge is 0.335 e. The van der Waals surface area contributed by atoms with Crippen molar-refractivity contribution in [2.75, 3.05) is 25.1 Å². The van der Waals surface area contributed by atoms with Gasteiger partial charge < -0.3 is 20.5 Å². The number of hydrogen-bond acceptors (Lipinski definition) is 3. The zero-order chi connectivity index (χ0) is 15.7. The number of nitrogens with one attached hydrogen (secondary N) is 2. The number of carbonyl (C=O) groups is 2. The Morgan fingerprint density at radius 2 is 1.86 bits per heavy atom. The van der Waals surface area contributed by atoms with E-state index in [0.717, 1.165) is 6.42 Å². The van der Waals surface area contributed by atoms with Crippen LogP contribution < -0.4 is 10.6 Å². The van der Waals surface area contributed by atoms with Crippen LogP contribution in [0.3, 0.4) is 0 Å². The molecule has 1 aromatic carbocycles. The Morgan fingerprint density at radius 1 is 1.19 bits per heavy atom. The lowest BCUT2D eigenvalue weighted by molar-refractivity contribution is 0.0697. The normalized spacial score (nSPS) is 10.4. The minimum Gasteiger partial charge on any atom is -0.478 e. The number of urea groups is 1. The standard InChI is InChI=1S/C15H22N2O4/c1-11(2)7-9-21-10-8-16-15(20)17-13-5-3-12(4-6-13)14(18)19/h3-6,11H,7-10H2,1-2H3,(H,18,19)(H2,16,17,20). The van der Waals surface area contributed by atoms with Crippen LogP contribution in [0.2, 0.25) is 0 Å². The van der Waals surface area contributed by atoms with E-state index in [1.54, 1.807) is 12.1 Å². The molecule has 0 aliphatic rings. The molecule has 6 nitrogen and oxygen atoms in total. The molecule has 0 spiro atoms. The SMILES string of the molecule is CC(C)CCOCCNC(=O)Nc1ccc(C(=O)O)cc1. The maximum absolute atomic E-state index is 11.6. The Bertz CT molecular complexity index is 457. The molecule has 0 atom stereocenters. The van der Waals surface area contributed by atoms with Gasteiger partial charge in [0.15, 0.2) is 0 Å². The van der Waals surface area contributed by atoms with E-state index in [1.165, 1.54) is 12.1 Å². The summed E-state index contributed by atoms with van der Waals surface area (Å²) in [6, 6.07) is 5.62. The summed E-state index contributed by atoms with van der Waals surface area (Å²) in [5.41, 5.74) is 0.720. The number of carboxylic acids is 1. The summed E-state index contributed by atoms with van der Waals surface area (Å²) in [6.45, 7) is 5.85. The van der Waals surface area contributed by atoms with Gasteiger partial charge >= 0.3 is 12.0 Å². The number of rotatable bonds is 8. The molecule has 0 bridgehead atoms. The fraction of sp³-hybridized carbons (Fsp3) is 0.467. The van der Waals surface area contributed by atoms with E-state index >= 15 is 0 Å². The maximum Gasteiger partial charge on any atom is 0.335 e. The van der Waals surface area contributed by atoms with Crippen molar-refractivity contribution in [3.05, 3.63) is 29.8 Å². The van der Waals surface area contributed by atoms with Crippen molar-refractivity contribution in [3.63, 3.8) is 0 Å². The first kappa shape index (κ1) is 17.0. The van der Waals surface area contributed by atoms with Crippen molar-refractivity contribution >= 4 is 17.7 Å². The Labute approximate surface area is 124 Å². The average Bonchev–Trinajstić information content (AvgIpc) is 2.43. The number of benzene rings is 1. The second kappa shape index (κ2) is 8.97. The monoisotopic (exact) mass is 294 g/mol. The minimum absolute atomic E-state index is 0.180. The molecule has 0 aromatic heterocycles. The highest BCUT2D eigenvalue weighted by atomic mass is 16.5. The summed E-state index contributed by atoms with van der Waals surface area (Å²) in [6.07, 6.45) is 1.00. The van der Waals surface area contributed by atoms with Crippen LogP contribution in [-0.2, 0) is 4.74 Å². The quantitative estimate of drug-likeness (QED) is 0.643. The lowest BCUT2D eigenvalue weighted by atomic mass is 10.1. The lowest BCUT2D eigenvalue weighted by Crippen LogP contribution is -2.31. The van der Waals surface area contributed by atoms with Crippen molar-refractivity contribution in [1.82, 2.24) is 5.32 Å². The number of carboxylic acid groups (broad SMARTS) is 1. The minimum atomic E-state index is -0.996. The molecule has 6 heteroatoms. The molecular formula is C15H22N2O4. The summed E-state index contributed by atoms with van der Waals surface area (Å²) in [7, 11) is 0. The number of aromatic carboxylic acids is 1. The molecule has 2 amide bonds. The summed E-state index contributed by atoms with van der Waals surface area (Å²) in [4.78, 5) is 22.3. The molecule has 1 aromatic rings. The van der Waals surface area contributed by atoms with E-state index in [0.29, 0.717) is 31.4 Å². The van der Waals surface area contributed by atoms with Crippen LogP contribution in [0.1, 0.15) is 30.6 Å². The summed E-state index contributed by atoms with van der Waals surface area (Å²) in [5, 5.41) is 14.0. The Kier molecular flexibility index (Phi) is 7.25. The van der Waals surface area contributed by atoms with Gasteiger partial charge in [0.05, 0.1) is 12.2 Å². The third-order valence-corrected chi connectivity index (χ3v) is 2.76. The van der Waals surface area contributed by atoms with E-state index in [-0.39, 0.29) is 11.6 Å². The van der Waals surface area contributed by atoms with Gasteiger partial charge in [-0.2, -0.15) is 0 Å². The predicted octanol–water partition coefficient (Wildman–Crippen LogP) is 2.57. The van der Waals surface area contributed by atoms with Crippen LogP contribution in [0.25, 0.3) is 0 Å². The largest absolute Gasteiger partial charge is 0.478 e. The Balaban J connectivity index is 2.20. The van der Waals surface area contributed by atoms with Crippen LogP contribution in [0.15, 0.2) is 24.3 Å². The highest BCUT2D eigenvalue weighted by molar-refractivity contribution is 5.91. The fourth-order valence-electron chi connectivity index (χ4n) is 1.53. The van der Waals surface area contributed by atoms with E-state index in [4.69, 9.17) is 9.84 Å². The highest BCUT2D eigenvalue weighted by Crippen LogP contribution is 2.09. The topological polar surface area (TPSA) is 87.7 Å². The van der Waals surface area contributed by atoms with Crippen molar-refractivity contribution in [3.8, 4) is 0 Å². The van der Waals surface area contributed by atoms with Gasteiger partial charge in [-0.1, -0.05) is 13.8 Å². The molecule has 0 aliphatic heterocycles. The number of ether oxygens (including phenoxy) is 1. The Hall–Kier alpha value is -2.08. The molecule has 3 N–H and O–H groups in total. The predicted molar refractivity (Wildman–Crippen MR) is 80.7 cm³/mol. The molecular weight excluding hydrogens is 272 g/mol. The molecule has 0 unspecified atom stereocenters. The zero-order valence-corrected chi connectivity index (χ0v) is 12.4. The van der Waals surface area contributed by atoms with Crippen LogP contribution in [0.4, 0.5) is 10.5 Å². The van der Waals surface area contributed by atoms with Crippen molar-refractivity contribution in [2.24, 2.45) is 5.92 Å². The van der Waals surface area contributed by atoms with E-state index < -0.39 is 5.97 Å². The highest BCUT2D eigenvalue weighted by Gasteiger charge is 2.04. The van der Waals surface area contributed by atoms with Gasteiger partial charge in [0, 0.05) is 18.8 Å². The van der Waals surface area contributed by atoms with Crippen molar-refractivity contribution in [1.29, 1.82) is 0 Å². The van der Waals surface area contributed by atoms with E-state index in [2.05, 4.69) is 24.5 Å². The first-order chi connectivity index (χ1) is 9.99. The van der Waals surface area contributed by atoms with Gasteiger partial charge in [-0.05, 0) is 36.6 Å². The molecule has 0 fully saturated rings. The summed E-state index contributed by atoms with van der Waals surface area (Å²) < 4.78 is 5.38. The third-order valence-electron chi connectivity index (χ3n) is 2.76. The third kappa shape index (κ3) is 7.31. The molecule has 0 radical (unpaired) electrons. The molecule has 116 valence electrons. The van der Waals surface area contributed by atoms with Gasteiger partial charge in [-0.15, -0.1) is 0 Å². The van der Waals surface area contributed by atoms with Crippen LogP contribution in [-0.4, -0.2) is 36.9 Å². The molecule has 0 heterocycles. The van der Waals surface area contributed by atoms with Crippen LogP contribution >= 0.6 is 0 Å². The van der Waals surface area contributed by atoms with E-state index in [9.17, 15) is 9.59 Å². The van der Waals surface area contributed by atoms with Gasteiger partial charge in [0.2, 0.25) is 0 Å². The molecule has 0 aliphatic carbocycles. The van der Waals surface area contributed by atoms with Crippen LogP contribution in [0.5, 0.6) is 0 Å². The number of carbonyl (C=O) groups excluding carboxylic acids is 1. The second-order valence-corrected chi connectivity index (χ2v) is 5.06. The van der Waals surface area contributed by atoms with Crippen LogP contribution in [0, 0.1) is 5.92 Å². The molecule has 0 saturated heterocycles. The van der Waals surface area contributed by atoms with E-state index in [1.807, 2.05) is 0 Å². The van der Waals surface area contributed by atoms with Gasteiger partial charge in [0.1, 0.15) is 0 Å². The molecule has 1 rings (SSSR count). The molecule has 21 heavy (non-hydrogen) atoms. The zero-order valence-electron chi connectivity index (χ0n) is 12.4. The van der Waals surface area contributed by atoms with Crippen molar-refractivity contribution < 1.29 is 19.4 Å². The number of amides is 2. The first-order valence-corrected chi connectivity index (χ1v) is 6.95. The van der Waals surface area contributed by atoms with Crippen molar-refractivity contribution in [2.45, 2.75) is 20.3 Å². The first-order valence-electron chi connectivity index (χ1n) is 6.95. The summed E-state index contributed by atoms with van der Waals surface area (Å²) >= 11 is 0. The molecule has 0 saturated carbocycles. The summed E-state index contributed by atoms with van der Waals surface area (Å²) in [5.74, 6) is -0.389. The van der Waals surface area contributed by atoms with Gasteiger partial charge in [-0.3, -0.25) is 0 Å². The van der Waals surface area contributed by atoms with Gasteiger partial charge in [0.25, 0.3) is 0 Å². The fourth-order valence-corrected chi connectivity index (χ4v) is 1.53. The number of anilines is 1. The number of hydrogen-bond donors (Lipinski definition) is 3. The van der Waals surface area contributed by atoms with Gasteiger partial charge in [-0.25, -0.2) is 9.59 Å².